The molecule has 0 saturated heterocycles. The monoisotopic (exact) mass is 222 g/mol. The Balaban J connectivity index is 2.52. The van der Waals surface area contributed by atoms with Crippen molar-refractivity contribution in [2.24, 2.45) is 5.73 Å². The molecule has 0 amide bonds. The molecule has 1 aromatic rings. The summed E-state index contributed by atoms with van der Waals surface area (Å²) in [6, 6.07) is 8.53. The summed E-state index contributed by atoms with van der Waals surface area (Å²) < 4.78 is 5.02. The van der Waals surface area contributed by atoms with E-state index < -0.39 is 0 Å². The average molecular weight is 222 g/mol. The number of methoxy groups -OCH3 is 1. The molecule has 0 fully saturated rings. The molecule has 1 atom stereocenters. The van der Waals surface area contributed by atoms with Crippen molar-refractivity contribution in [2.45, 2.75) is 18.9 Å². The van der Waals surface area contributed by atoms with Crippen LogP contribution in [0.4, 0.5) is 5.69 Å². The van der Waals surface area contributed by atoms with Gasteiger partial charge in [-0.15, -0.1) is 0 Å². The van der Waals surface area contributed by atoms with E-state index in [1.165, 1.54) is 11.3 Å². The fraction of sp³-hybridized carbons (Fsp3) is 0.538. The molecule has 0 heterocycles. The smallest absolute Gasteiger partial charge is 0.0462 e. The highest BCUT2D eigenvalue weighted by molar-refractivity contribution is 5.46. The van der Waals surface area contributed by atoms with E-state index in [9.17, 15) is 0 Å². The molecule has 0 saturated carbocycles. The molecule has 0 aromatic heterocycles. The number of rotatable bonds is 6. The summed E-state index contributed by atoms with van der Waals surface area (Å²) in [6.45, 7) is 0.781. The highest BCUT2D eigenvalue weighted by atomic mass is 16.5. The first-order valence-electron chi connectivity index (χ1n) is 5.67. The lowest BCUT2D eigenvalue weighted by Gasteiger charge is -2.15. The van der Waals surface area contributed by atoms with Crippen LogP contribution in [0, 0.1) is 0 Å². The van der Waals surface area contributed by atoms with Crippen molar-refractivity contribution >= 4 is 5.69 Å². The van der Waals surface area contributed by atoms with Crippen LogP contribution in [-0.2, 0) is 4.74 Å². The van der Waals surface area contributed by atoms with E-state index in [4.69, 9.17) is 10.5 Å². The van der Waals surface area contributed by atoms with Crippen LogP contribution >= 0.6 is 0 Å². The predicted molar refractivity (Wildman–Crippen MR) is 68.8 cm³/mol. The largest absolute Gasteiger partial charge is 0.385 e. The van der Waals surface area contributed by atoms with Gasteiger partial charge in [0.2, 0.25) is 0 Å². The third-order valence-electron chi connectivity index (χ3n) is 2.70. The molecule has 0 aliphatic heterocycles. The molecule has 2 N–H and O–H groups in total. The predicted octanol–water partition coefficient (Wildman–Crippen LogP) is 2.18. The maximum Gasteiger partial charge on any atom is 0.0462 e. The number of ether oxygens (including phenoxy) is 1. The van der Waals surface area contributed by atoms with Crippen LogP contribution in [0.5, 0.6) is 0 Å². The summed E-state index contributed by atoms with van der Waals surface area (Å²) in [7, 11) is 5.79. The molecule has 1 rings (SSSR count). The molecule has 1 aromatic carbocycles. The minimum atomic E-state index is 0.117. The first kappa shape index (κ1) is 13.0. The van der Waals surface area contributed by atoms with Gasteiger partial charge < -0.3 is 15.4 Å². The summed E-state index contributed by atoms with van der Waals surface area (Å²) in [6.07, 6.45) is 1.97. The first-order chi connectivity index (χ1) is 7.65. The van der Waals surface area contributed by atoms with Gasteiger partial charge in [0.25, 0.3) is 0 Å². The van der Waals surface area contributed by atoms with Gasteiger partial charge in [0.1, 0.15) is 0 Å². The third kappa shape index (κ3) is 3.83. The number of nitrogens with zero attached hydrogens (tertiary/aromatic N) is 1. The number of benzene rings is 1. The molecule has 90 valence electrons. The highest BCUT2D eigenvalue weighted by Gasteiger charge is 2.05. The summed E-state index contributed by atoms with van der Waals surface area (Å²) in [5.41, 5.74) is 8.49. The van der Waals surface area contributed by atoms with Crippen LogP contribution in [0.2, 0.25) is 0 Å². The van der Waals surface area contributed by atoms with Gasteiger partial charge in [0, 0.05) is 39.5 Å². The Morgan fingerprint density at radius 2 is 1.88 bits per heavy atom. The molecule has 0 aliphatic rings. The lowest BCUT2D eigenvalue weighted by molar-refractivity contribution is 0.190. The van der Waals surface area contributed by atoms with Crippen LogP contribution in [0.3, 0.4) is 0 Å². The third-order valence-corrected chi connectivity index (χ3v) is 2.70. The topological polar surface area (TPSA) is 38.5 Å². The van der Waals surface area contributed by atoms with Crippen molar-refractivity contribution < 1.29 is 4.74 Å². The van der Waals surface area contributed by atoms with Crippen molar-refractivity contribution in [3.05, 3.63) is 29.8 Å². The van der Waals surface area contributed by atoms with Crippen molar-refractivity contribution in [1.29, 1.82) is 0 Å². The molecule has 3 heteroatoms. The van der Waals surface area contributed by atoms with Gasteiger partial charge in [0.05, 0.1) is 0 Å². The lowest BCUT2D eigenvalue weighted by atomic mass is 10.0. The molecule has 0 aliphatic carbocycles. The fourth-order valence-electron chi connectivity index (χ4n) is 1.63. The Morgan fingerprint density at radius 3 is 2.38 bits per heavy atom. The molecule has 0 spiro atoms. The Labute approximate surface area is 98.2 Å². The minimum Gasteiger partial charge on any atom is -0.385 e. The minimum absolute atomic E-state index is 0.117. The number of nitrogens with two attached hydrogens (primary N) is 1. The van der Waals surface area contributed by atoms with Gasteiger partial charge in [-0.3, -0.25) is 0 Å². The zero-order chi connectivity index (χ0) is 12.0. The highest BCUT2D eigenvalue weighted by Crippen LogP contribution is 2.19. The second kappa shape index (κ2) is 6.51. The summed E-state index contributed by atoms with van der Waals surface area (Å²) in [5, 5.41) is 0. The summed E-state index contributed by atoms with van der Waals surface area (Å²) >= 11 is 0. The van der Waals surface area contributed by atoms with Gasteiger partial charge >= 0.3 is 0 Å². The summed E-state index contributed by atoms with van der Waals surface area (Å²) in [5.74, 6) is 0. The van der Waals surface area contributed by atoms with Gasteiger partial charge in [-0.1, -0.05) is 12.1 Å². The van der Waals surface area contributed by atoms with E-state index in [1.807, 2.05) is 14.1 Å². The van der Waals surface area contributed by atoms with Crippen molar-refractivity contribution in [1.82, 2.24) is 0 Å². The Bertz CT molecular complexity index is 295. The zero-order valence-corrected chi connectivity index (χ0v) is 10.4. The Hall–Kier alpha value is -1.06. The molecule has 1 unspecified atom stereocenters. The average Bonchev–Trinajstić information content (AvgIpc) is 2.29. The van der Waals surface area contributed by atoms with Gasteiger partial charge in [-0.2, -0.15) is 0 Å². The number of hydrogen-bond donors (Lipinski definition) is 1. The SMILES string of the molecule is COCCCC(N)c1ccc(N(C)C)cc1. The van der Waals surface area contributed by atoms with Crippen molar-refractivity contribution in [3.63, 3.8) is 0 Å². The van der Waals surface area contributed by atoms with Gasteiger partial charge in [-0.25, -0.2) is 0 Å². The van der Waals surface area contributed by atoms with Crippen molar-refractivity contribution in [2.75, 3.05) is 32.7 Å². The van der Waals surface area contributed by atoms with E-state index in [1.54, 1.807) is 7.11 Å². The quantitative estimate of drug-likeness (QED) is 0.750. The van der Waals surface area contributed by atoms with Crippen molar-refractivity contribution in [3.8, 4) is 0 Å². The second-order valence-corrected chi connectivity index (χ2v) is 4.23. The number of hydrogen-bond acceptors (Lipinski definition) is 3. The van der Waals surface area contributed by atoms with Crippen LogP contribution in [0.15, 0.2) is 24.3 Å². The van der Waals surface area contributed by atoms with E-state index in [0.717, 1.165) is 19.4 Å². The zero-order valence-electron chi connectivity index (χ0n) is 10.4. The van der Waals surface area contributed by atoms with Crippen LogP contribution in [0.25, 0.3) is 0 Å². The van der Waals surface area contributed by atoms with Crippen LogP contribution < -0.4 is 10.6 Å². The van der Waals surface area contributed by atoms with Crippen LogP contribution in [-0.4, -0.2) is 27.8 Å². The lowest BCUT2D eigenvalue weighted by Crippen LogP contribution is -2.12. The van der Waals surface area contributed by atoms with E-state index in [-0.39, 0.29) is 6.04 Å². The van der Waals surface area contributed by atoms with Crippen LogP contribution in [0.1, 0.15) is 24.4 Å². The fourth-order valence-corrected chi connectivity index (χ4v) is 1.63. The van der Waals surface area contributed by atoms with Gasteiger partial charge in [0.15, 0.2) is 0 Å². The molecule has 16 heavy (non-hydrogen) atoms. The molecular formula is C13H22N2O. The molecule has 0 radical (unpaired) electrons. The van der Waals surface area contributed by atoms with E-state index >= 15 is 0 Å². The maximum atomic E-state index is 6.09. The van der Waals surface area contributed by atoms with E-state index in [2.05, 4.69) is 29.2 Å². The Kier molecular flexibility index (Phi) is 5.29. The Morgan fingerprint density at radius 1 is 1.25 bits per heavy atom. The summed E-state index contributed by atoms with van der Waals surface area (Å²) in [4.78, 5) is 2.08. The number of anilines is 1. The molecule has 0 bridgehead atoms. The molecular weight excluding hydrogens is 200 g/mol. The second-order valence-electron chi connectivity index (χ2n) is 4.23. The maximum absolute atomic E-state index is 6.09. The first-order valence-corrected chi connectivity index (χ1v) is 5.67. The normalized spacial score (nSPS) is 12.5. The standard InChI is InChI=1S/C13H22N2O/c1-15(2)12-8-6-11(7-9-12)13(14)5-4-10-16-3/h6-9,13H,4-5,10,14H2,1-3H3. The molecule has 3 nitrogen and oxygen atoms in total. The van der Waals surface area contributed by atoms with Gasteiger partial charge in [-0.05, 0) is 30.5 Å². The van der Waals surface area contributed by atoms with E-state index in [0.29, 0.717) is 0 Å².